The lowest BCUT2D eigenvalue weighted by Crippen LogP contribution is -1.99. The van der Waals surface area contributed by atoms with Crippen molar-refractivity contribution in [2.45, 2.75) is 6.92 Å². The molecule has 0 fully saturated rings. The fourth-order valence-corrected chi connectivity index (χ4v) is 2.89. The number of hydrogen-bond acceptors (Lipinski definition) is 4. The first kappa shape index (κ1) is 14.3. The van der Waals surface area contributed by atoms with Crippen molar-refractivity contribution in [2.75, 3.05) is 12.4 Å². The predicted molar refractivity (Wildman–Crippen MR) is 95.2 cm³/mol. The van der Waals surface area contributed by atoms with E-state index in [2.05, 4.69) is 20.3 Å². The lowest BCUT2D eigenvalue weighted by atomic mass is 10.1. The Morgan fingerprint density at radius 3 is 2.62 bits per heavy atom. The normalized spacial score (nSPS) is 11.1. The summed E-state index contributed by atoms with van der Waals surface area (Å²) in [5, 5.41) is 4.29. The number of methoxy groups -OCH3 is 1. The third kappa shape index (κ3) is 2.38. The molecule has 6 heteroatoms. The average molecular weight is 320 g/mol. The van der Waals surface area contributed by atoms with Crippen molar-refractivity contribution in [3.05, 3.63) is 58.6 Å². The molecule has 0 atom stereocenters. The minimum Gasteiger partial charge on any atom is -0.497 e. The largest absolute Gasteiger partial charge is 0.497 e. The van der Waals surface area contributed by atoms with Crippen LogP contribution in [0.1, 0.15) is 5.69 Å². The van der Waals surface area contributed by atoms with E-state index in [0.717, 1.165) is 44.8 Å². The SMILES string of the molecule is COc1ccc(Nc2cc(C)nc3ccc4[nH]c(=O)[nH]c4c23)cc1. The Hall–Kier alpha value is -3.28. The molecule has 0 saturated carbocycles. The van der Waals surface area contributed by atoms with Crippen LogP contribution in [0.5, 0.6) is 5.75 Å². The smallest absolute Gasteiger partial charge is 0.323 e. The highest BCUT2D eigenvalue weighted by molar-refractivity contribution is 6.10. The molecule has 0 amide bonds. The van der Waals surface area contributed by atoms with Gasteiger partial charge in [0.2, 0.25) is 0 Å². The van der Waals surface area contributed by atoms with E-state index < -0.39 is 0 Å². The maximum atomic E-state index is 11.7. The topological polar surface area (TPSA) is 82.8 Å². The molecule has 2 aromatic carbocycles. The Labute approximate surface area is 137 Å². The number of hydrogen-bond donors (Lipinski definition) is 3. The van der Waals surface area contributed by atoms with Crippen LogP contribution < -0.4 is 15.7 Å². The van der Waals surface area contributed by atoms with Crippen LogP contribution >= 0.6 is 0 Å². The predicted octanol–water partition coefficient (Wildman–Crippen LogP) is 3.47. The van der Waals surface area contributed by atoms with Crippen LogP contribution in [0.15, 0.2) is 47.3 Å². The number of aromatic nitrogens is 3. The van der Waals surface area contributed by atoms with Gasteiger partial charge in [0.05, 0.1) is 29.3 Å². The second kappa shape index (κ2) is 5.42. The van der Waals surface area contributed by atoms with Gasteiger partial charge in [0.15, 0.2) is 0 Å². The molecular weight excluding hydrogens is 304 g/mol. The van der Waals surface area contributed by atoms with Gasteiger partial charge < -0.3 is 20.0 Å². The number of anilines is 2. The second-order valence-electron chi connectivity index (χ2n) is 5.63. The number of fused-ring (bicyclic) bond motifs is 3. The number of nitrogens with zero attached hydrogens (tertiary/aromatic N) is 1. The van der Waals surface area contributed by atoms with Gasteiger partial charge in [0.25, 0.3) is 0 Å². The molecule has 2 aromatic heterocycles. The molecule has 0 saturated heterocycles. The Kier molecular flexibility index (Phi) is 3.23. The molecule has 0 aliphatic rings. The zero-order valence-electron chi connectivity index (χ0n) is 13.3. The highest BCUT2D eigenvalue weighted by atomic mass is 16.5. The lowest BCUT2D eigenvalue weighted by Gasteiger charge is -2.12. The Morgan fingerprint density at radius 1 is 1.08 bits per heavy atom. The molecule has 6 nitrogen and oxygen atoms in total. The van der Waals surface area contributed by atoms with Crippen molar-refractivity contribution < 1.29 is 4.74 Å². The van der Waals surface area contributed by atoms with E-state index in [9.17, 15) is 4.79 Å². The number of rotatable bonds is 3. The number of aromatic amines is 2. The first-order valence-electron chi connectivity index (χ1n) is 7.57. The zero-order chi connectivity index (χ0) is 16.7. The van der Waals surface area contributed by atoms with Crippen LogP contribution in [0.2, 0.25) is 0 Å². The van der Waals surface area contributed by atoms with Gasteiger partial charge in [-0.15, -0.1) is 0 Å². The molecule has 4 rings (SSSR count). The standard InChI is InChI=1S/C18H16N4O2/c1-10-9-15(20-11-3-5-12(24-2)6-4-11)16-13(19-10)7-8-14-17(16)22-18(23)21-14/h3-9H,1-2H3,(H,19,20)(H2,21,22,23). The number of H-pyrrole nitrogens is 2. The molecular formula is C18H16N4O2. The fourth-order valence-electron chi connectivity index (χ4n) is 2.89. The van der Waals surface area contributed by atoms with Crippen molar-refractivity contribution in [3.8, 4) is 5.75 Å². The summed E-state index contributed by atoms with van der Waals surface area (Å²) >= 11 is 0. The van der Waals surface area contributed by atoms with Gasteiger partial charge >= 0.3 is 5.69 Å². The summed E-state index contributed by atoms with van der Waals surface area (Å²) in [6.45, 7) is 1.95. The molecule has 24 heavy (non-hydrogen) atoms. The molecule has 0 aliphatic carbocycles. The van der Waals surface area contributed by atoms with E-state index >= 15 is 0 Å². The molecule has 0 radical (unpaired) electrons. The quantitative estimate of drug-likeness (QED) is 0.540. The first-order valence-corrected chi connectivity index (χ1v) is 7.57. The molecule has 0 spiro atoms. The van der Waals surface area contributed by atoms with Gasteiger partial charge in [-0.3, -0.25) is 4.98 Å². The van der Waals surface area contributed by atoms with E-state index in [1.807, 2.05) is 49.4 Å². The minimum absolute atomic E-state index is 0.228. The average Bonchev–Trinajstić information content (AvgIpc) is 2.95. The third-order valence-corrected chi connectivity index (χ3v) is 3.96. The van der Waals surface area contributed by atoms with E-state index in [4.69, 9.17) is 4.74 Å². The summed E-state index contributed by atoms with van der Waals surface area (Å²) in [7, 11) is 1.64. The van der Waals surface area contributed by atoms with E-state index in [-0.39, 0.29) is 5.69 Å². The van der Waals surface area contributed by atoms with E-state index in [1.165, 1.54) is 0 Å². The van der Waals surface area contributed by atoms with Gasteiger partial charge in [-0.1, -0.05) is 0 Å². The highest BCUT2D eigenvalue weighted by Gasteiger charge is 2.11. The molecule has 0 unspecified atom stereocenters. The third-order valence-electron chi connectivity index (χ3n) is 3.96. The summed E-state index contributed by atoms with van der Waals surface area (Å²) in [6, 6.07) is 13.4. The Bertz CT molecular complexity index is 1090. The van der Waals surface area contributed by atoms with Crippen molar-refractivity contribution >= 4 is 33.3 Å². The molecule has 0 bridgehead atoms. The highest BCUT2D eigenvalue weighted by Crippen LogP contribution is 2.31. The Balaban J connectivity index is 1.92. The molecule has 120 valence electrons. The lowest BCUT2D eigenvalue weighted by molar-refractivity contribution is 0.415. The zero-order valence-corrected chi connectivity index (χ0v) is 13.3. The van der Waals surface area contributed by atoms with E-state index in [0.29, 0.717) is 0 Å². The molecule has 0 aliphatic heterocycles. The van der Waals surface area contributed by atoms with Crippen molar-refractivity contribution in [1.29, 1.82) is 0 Å². The molecule has 2 heterocycles. The van der Waals surface area contributed by atoms with Crippen LogP contribution in [0.4, 0.5) is 11.4 Å². The number of pyridine rings is 1. The van der Waals surface area contributed by atoms with Gasteiger partial charge in [0.1, 0.15) is 5.75 Å². The maximum Gasteiger partial charge on any atom is 0.323 e. The van der Waals surface area contributed by atoms with E-state index in [1.54, 1.807) is 7.11 Å². The summed E-state index contributed by atoms with van der Waals surface area (Å²) in [4.78, 5) is 21.9. The Morgan fingerprint density at radius 2 is 1.88 bits per heavy atom. The van der Waals surface area contributed by atoms with Crippen molar-refractivity contribution in [3.63, 3.8) is 0 Å². The van der Waals surface area contributed by atoms with Gasteiger partial charge in [-0.05, 0) is 49.4 Å². The summed E-state index contributed by atoms with van der Waals surface area (Å²) < 4.78 is 5.19. The van der Waals surface area contributed by atoms with Crippen LogP contribution in [-0.2, 0) is 0 Å². The maximum absolute atomic E-state index is 11.7. The van der Waals surface area contributed by atoms with Gasteiger partial charge in [-0.2, -0.15) is 0 Å². The van der Waals surface area contributed by atoms with Gasteiger partial charge in [0, 0.05) is 16.8 Å². The van der Waals surface area contributed by atoms with Crippen LogP contribution in [0.3, 0.4) is 0 Å². The molecule has 3 N–H and O–H groups in total. The number of ether oxygens (including phenoxy) is 1. The summed E-state index contributed by atoms with van der Waals surface area (Å²) in [6.07, 6.45) is 0. The minimum atomic E-state index is -0.228. The number of nitrogens with one attached hydrogen (secondary N) is 3. The second-order valence-corrected chi connectivity index (χ2v) is 5.63. The first-order chi connectivity index (χ1) is 11.6. The number of benzene rings is 2. The van der Waals surface area contributed by atoms with Crippen molar-refractivity contribution in [1.82, 2.24) is 15.0 Å². The van der Waals surface area contributed by atoms with Crippen LogP contribution in [0, 0.1) is 6.92 Å². The monoisotopic (exact) mass is 320 g/mol. The molecule has 4 aromatic rings. The number of imidazole rings is 1. The summed E-state index contributed by atoms with van der Waals surface area (Å²) in [5.74, 6) is 0.800. The fraction of sp³-hybridized carbons (Fsp3) is 0.111. The van der Waals surface area contributed by atoms with Crippen molar-refractivity contribution in [2.24, 2.45) is 0 Å². The van der Waals surface area contributed by atoms with Crippen LogP contribution in [-0.4, -0.2) is 22.1 Å². The summed E-state index contributed by atoms with van der Waals surface area (Å²) in [5.41, 5.74) is 4.83. The number of aryl methyl sites for hydroxylation is 1. The van der Waals surface area contributed by atoms with Gasteiger partial charge in [-0.25, -0.2) is 4.79 Å². The van der Waals surface area contributed by atoms with Crippen LogP contribution in [0.25, 0.3) is 21.9 Å².